The first kappa shape index (κ1) is 14.4. The summed E-state index contributed by atoms with van der Waals surface area (Å²) >= 11 is 0. The van der Waals surface area contributed by atoms with Crippen molar-refractivity contribution in [1.82, 2.24) is 15.2 Å². The fourth-order valence-electron chi connectivity index (χ4n) is 2.34. The average molecular weight is 256 g/mol. The van der Waals surface area contributed by atoms with Gasteiger partial charge in [0, 0.05) is 19.3 Å². The zero-order valence-electron chi connectivity index (χ0n) is 10.4. The minimum absolute atomic E-state index is 0. The second-order valence-corrected chi connectivity index (χ2v) is 4.71. The highest BCUT2D eigenvalue weighted by Gasteiger charge is 2.14. The summed E-state index contributed by atoms with van der Waals surface area (Å²) in [6.45, 7) is 4.52. The Hall–Kier alpha value is -0.640. The van der Waals surface area contributed by atoms with Gasteiger partial charge in [-0.3, -0.25) is 4.98 Å². The van der Waals surface area contributed by atoms with E-state index in [1.807, 2.05) is 12.3 Å². The molecule has 0 aromatic carbocycles. The highest BCUT2D eigenvalue weighted by atomic mass is 35.5. The van der Waals surface area contributed by atoms with Crippen molar-refractivity contribution >= 4 is 12.4 Å². The highest BCUT2D eigenvalue weighted by molar-refractivity contribution is 5.85. The van der Waals surface area contributed by atoms with Gasteiger partial charge in [-0.1, -0.05) is 6.07 Å². The van der Waals surface area contributed by atoms with Crippen LogP contribution in [0.3, 0.4) is 0 Å². The zero-order chi connectivity index (χ0) is 11.2. The minimum Gasteiger partial charge on any atom is -0.317 e. The fraction of sp³-hybridized carbons (Fsp3) is 0.615. The molecule has 0 spiro atoms. The molecule has 96 valence electrons. The van der Waals surface area contributed by atoms with Crippen molar-refractivity contribution in [3.63, 3.8) is 0 Å². The Morgan fingerprint density at radius 1 is 1.35 bits per heavy atom. The molecule has 0 bridgehead atoms. The summed E-state index contributed by atoms with van der Waals surface area (Å²) < 4.78 is 0. The van der Waals surface area contributed by atoms with E-state index in [4.69, 9.17) is 0 Å². The summed E-state index contributed by atoms with van der Waals surface area (Å²) in [6, 6.07) is 6.12. The van der Waals surface area contributed by atoms with Gasteiger partial charge in [0.15, 0.2) is 0 Å². The molecule has 4 heteroatoms. The van der Waals surface area contributed by atoms with E-state index in [1.54, 1.807) is 0 Å². The van der Waals surface area contributed by atoms with E-state index in [2.05, 4.69) is 34.4 Å². The van der Waals surface area contributed by atoms with Crippen LogP contribution in [-0.4, -0.2) is 36.6 Å². The van der Waals surface area contributed by atoms with Crippen LogP contribution in [0.25, 0.3) is 0 Å². The lowest BCUT2D eigenvalue weighted by atomic mass is 9.98. The molecular formula is C13H22ClN3. The van der Waals surface area contributed by atoms with Crippen LogP contribution in [-0.2, 0) is 6.54 Å². The Morgan fingerprint density at radius 2 is 2.12 bits per heavy atom. The maximum absolute atomic E-state index is 4.36. The van der Waals surface area contributed by atoms with E-state index in [1.165, 1.54) is 38.2 Å². The largest absolute Gasteiger partial charge is 0.317 e. The van der Waals surface area contributed by atoms with Gasteiger partial charge >= 0.3 is 0 Å². The predicted molar refractivity (Wildman–Crippen MR) is 73.4 cm³/mol. The van der Waals surface area contributed by atoms with Crippen LogP contribution >= 0.6 is 12.4 Å². The number of piperidine rings is 1. The summed E-state index contributed by atoms with van der Waals surface area (Å²) in [5.41, 5.74) is 1.17. The van der Waals surface area contributed by atoms with Crippen molar-refractivity contribution < 1.29 is 0 Å². The highest BCUT2D eigenvalue weighted by Crippen LogP contribution is 2.13. The first-order valence-electron chi connectivity index (χ1n) is 6.14. The number of aromatic nitrogens is 1. The Kier molecular flexibility index (Phi) is 6.48. The summed E-state index contributed by atoms with van der Waals surface area (Å²) in [6.07, 6.45) is 4.49. The van der Waals surface area contributed by atoms with Gasteiger partial charge < -0.3 is 10.2 Å². The van der Waals surface area contributed by atoms with Crippen molar-refractivity contribution in [2.45, 2.75) is 19.4 Å². The van der Waals surface area contributed by atoms with Crippen molar-refractivity contribution in [2.24, 2.45) is 5.92 Å². The normalized spacial score (nSPS) is 16.8. The molecule has 0 aliphatic carbocycles. The van der Waals surface area contributed by atoms with Gasteiger partial charge in [-0.2, -0.15) is 0 Å². The number of hydrogen-bond acceptors (Lipinski definition) is 3. The van der Waals surface area contributed by atoms with E-state index < -0.39 is 0 Å². The molecule has 1 aliphatic rings. The van der Waals surface area contributed by atoms with Crippen molar-refractivity contribution in [1.29, 1.82) is 0 Å². The van der Waals surface area contributed by atoms with Gasteiger partial charge in [-0.25, -0.2) is 0 Å². The van der Waals surface area contributed by atoms with E-state index in [-0.39, 0.29) is 12.4 Å². The molecule has 1 fully saturated rings. The van der Waals surface area contributed by atoms with E-state index in [0.717, 1.165) is 12.5 Å². The van der Waals surface area contributed by atoms with Gasteiger partial charge in [0.05, 0.1) is 5.69 Å². The number of rotatable bonds is 4. The molecule has 0 radical (unpaired) electrons. The second kappa shape index (κ2) is 7.64. The standard InChI is InChI=1S/C13H21N3.ClH/c1-16(10-12-5-8-14-9-6-12)11-13-4-2-3-7-15-13;/h2-4,7,12,14H,5-6,8-11H2,1H3;1H. The second-order valence-electron chi connectivity index (χ2n) is 4.71. The van der Waals surface area contributed by atoms with E-state index >= 15 is 0 Å². The fourth-order valence-corrected chi connectivity index (χ4v) is 2.34. The van der Waals surface area contributed by atoms with E-state index in [0.29, 0.717) is 0 Å². The SMILES string of the molecule is CN(Cc1ccccn1)CC1CCNCC1.Cl. The van der Waals surface area contributed by atoms with Crippen LogP contribution < -0.4 is 5.32 Å². The lowest BCUT2D eigenvalue weighted by Gasteiger charge is -2.27. The number of hydrogen-bond donors (Lipinski definition) is 1. The molecule has 1 aromatic rings. The molecule has 2 rings (SSSR count). The molecule has 17 heavy (non-hydrogen) atoms. The molecule has 0 unspecified atom stereocenters. The molecule has 3 nitrogen and oxygen atoms in total. The van der Waals surface area contributed by atoms with E-state index in [9.17, 15) is 0 Å². The molecule has 0 atom stereocenters. The molecule has 1 aromatic heterocycles. The monoisotopic (exact) mass is 255 g/mol. The molecule has 0 amide bonds. The van der Waals surface area contributed by atoms with Crippen LogP contribution in [0.4, 0.5) is 0 Å². The summed E-state index contributed by atoms with van der Waals surface area (Å²) in [5, 5.41) is 3.41. The smallest absolute Gasteiger partial charge is 0.0543 e. The molecule has 1 N–H and O–H groups in total. The Labute approximate surface area is 110 Å². The van der Waals surface area contributed by atoms with Gasteiger partial charge in [0.2, 0.25) is 0 Å². The summed E-state index contributed by atoms with van der Waals surface area (Å²) in [4.78, 5) is 6.75. The quantitative estimate of drug-likeness (QED) is 0.891. The Balaban J connectivity index is 0.00000144. The van der Waals surface area contributed by atoms with Crippen molar-refractivity contribution in [3.8, 4) is 0 Å². The van der Waals surface area contributed by atoms with Gasteiger partial charge in [-0.05, 0) is 51.0 Å². The first-order valence-corrected chi connectivity index (χ1v) is 6.14. The lowest BCUT2D eigenvalue weighted by molar-refractivity contribution is 0.233. The van der Waals surface area contributed by atoms with Crippen LogP contribution in [0.15, 0.2) is 24.4 Å². The zero-order valence-corrected chi connectivity index (χ0v) is 11.2. The maximum atomic E-state index is 4.36. The molecule has 1 aliphatic heterocycles. The molecule has 0 saturated carbocycles. The van der Waals surface area contributed by atoms with Gasteiger partial charge in [0.1, 0.15) is 0 Å². The number of pyridine rings is 1. The van der Waals surface area contributed by atoms with Crippen LogP contribution in [0.5, 0.6) is 0 Å². The Morgan fingerprint density at radius 3 is 2.76 bits per heavy atom. The van der Waals surface area contributed by atoms with Crippen LogP contribution in [0.1, 0.15) is 18.5 Å². The molecule has 2 heterocycles. The predicted octanol–water partition coefficient (Wildman–Crippen LogP) is 1.93. The summed E-state index contributed by atoms with van der Waals surface area (Å²) in [7, 11) is 2.19. The van der Waals surface area contributed by atoms with Crippen LogP contribution in [0, 0.1) is 5.92 Å². The topological polar surface area (TPSA) is 28.2 Å². The number of nitrogens with zero attached hydrogens (tertiary/aromatic N) is 2. The van der Waals surface area contributed by atoms with Crippen LogP contribution in [0.2, 0.25) is 0 Å². The number of halogens is 1. The van der Waals surface area contributed by atoms with Gasteiger partial charge in [-0.15, -0.1) is 12.4 Å². The summed E-state index contributed by atoms with van der Waals surface area (Å²) in [5.74, 6) is 0.856. The third-order valence-corrected chi connectivity index (χ3v) is 3.19. The Bertz CT molecular complexity index is 299. The molecule has 1 saturated heterocycles. The third-order valence-electron chi connectivity index (χ3n) is 3.19. The van der Waals surface area contributed by atoms with Gasteiger partial charge in [0.25, 0.3) is 0 Å². The lowest BCUT2D eigenvalue weighted by Crippen LogP contribution is -2.34. The molecular weight excluding hydrogens is 234 g/mol. The number of nitrogens with one attached hydrogen (secondary N) is 1. The maximum Gasteiger partial charge on any atom is 0.0543 e. The minimum atomic E-state index is 0. The van der Waals surface area contributed by atoms with Crippen molar-refractivity contribution in [3.05, 3.63) is 30.1 Å². The first-order chi connectivity index (χ1) is 7.84. The third kappa shape index (κ3) is 5.02. The van der Waals surface area contributed by atoms with Crippen molar-refractivity contribution in [2.75, 3.05) is 26.7 Å². The average Bonchev–Trinajstić information content (AvgIpc) is 2.31.